The molecule has 6 nitrogen and oxygen atoms in total. The summed E-state index contributed by atoms with van der Waals surface area (Å²) in [6.45, 7) is 0.332. The van der Waals surface area contributed by atoms with E-state index in [1.54, 1.807) is 30.3 Å². The summed E-state index contributed by atoms with van der Waals surface area (Å²) in [7, 11) is 1.33. The number of esters is 1. The summed E-state index contributed by atoms with van der Waals surface area (Å²) < 4.78 is 5.32. The van der Waals surface area contributed by atoms with Gasteiger partial charge in [0.2, 0.25) is 0 Å². The molecular weight excluding hydrogens is 397 g/mol. The summed E-state index contributed by atoms with van der Waals surface area (Å²) in [5, 5.41) is 2.78. The van der Waals surface area contributed by atoms with Crippen molar-refractivity contribution in [2.45, 2.75) is 6.54 Å². The predicted octanol–water partition coefficient (Wildman–Crippen LogP) is 1.98. The zero-order valence-corrected chi connectivity index (χ0v) is 14.0. The molecule has 22 heavy (non-hydrogen) atoms. The molecule has 0 aliphatic heterocycles. The molecule has 0 saturated heterocycles. The SMILES string of the molecule is COC(=O)c1ccc(CNC(=O)c2cc(I)ncc2N)cc1. The first-order valence-corrected chi connectivity index (χ1v) is 7.45. The normalized spacial score (nSPS) is 10.1. The van der Waals surface area contributed by atoms with Gasteiger partial charge in [0.15, 0.2) is 0 Å². The van der Waals surface area contributed by atoms with Crippen molar-refractivity contribution >= 4 is 40.2 Å². The van der Waals surface area contributed by atoms with Crippen LogP contribution in [0.15, 0.2) is 36.5 Å². The van der Waals surface area contributed by atoms with Gasteiger partial charge in [0.05, 0.1) is 30.1 Å². The van der Waals surface area contributed by atoms with Crippen LogP contribution in [0.3, 0.4) is 0 Å². The van der Waals surface area contributed by atoms with Gasteiger partial charge in [-0.3, -0.25) is 4.79 Å². The number of aromatic nitrogens is 1. The molecule has 0 aliphatic rings. The Morgan fingerprint density at radius 3 is 2.64 bits per heavy atom. The van der Waals surface area contributed by atoms with Crippen molar-refractivity contribution in [3.8, 4) is 0 Å². The van der Waals surface area contributed by atoms with Gasteiger partial charge in [0.25, 0.3) is 5.91 Å². The number of nitrogens with one attached hydrogen (secondary N) is 1. The number of carbonyl (C=O) groups excluding carboxylic acids is 2. The highest BCUT2D eigenvalue weighted by Gasteiger charge is 2.11. The highest BCUT2D eigenvalue weighted by molar-refractivity contribution is 14.1. The monoisotopic (exact) mass is 411 g/mol. The number of pyridine rings is 1. The predicted molar refractivity (Wildman–Crippen MR) is 90.3 cm³/mol. The Hall–Kier alpha value is -2.16. The molecule has 0 saturated carbocycles. The first kappa shape index (κ1) is 16.2. The molecule has 0 atom stereocenters. The number of hydrogen-bond acceptors (Lipinski definition) is 5. The fourth-order valence-corrected chi connectivity index (χ4v) is 2.24. The molecule has 0 fully saturated rings. The maximum atomic E-state index is 12.1. The maximum absolute atomic E-state index is 12.1. The van der Waals surface area contributed by atoms with Crippen molar-refractivity contribution < 1.29 is 14.3 Å². The van der Waals surface area contributed by atoms with Gasteiger partial charge >= 0.3 is 5.97 Å². The quantitative estimate of drug-likeness (QED) is 0.456. The Labute approximate surface area is 141 Å². The molecule has 114 valence electrons. The Balaban J connectivity index is 2.02. The molecule has 2 rings (SSSR count). The number of amides is 1. The molecule has 0 bridgehead atoms. The van der Waals surface area contributed by atoms with Crippen LogP contribution in [0.5, 0.6) is 0 Å². The maximum Gasteiger partial charge on any atom is 0.337 e. The second-order valence-electron chi connectivity index (χ2n) is 4.47. The molecule has 0 radical (unpaired) electrons. The Morgan fingerprint density at radius 2 is 2.00 bits per heavy atom. The Morgan fingerprint density at radius 1 is 1.32 bits per heavy atom. The zero-order valence-electron chi connectivity index (χ0n) is 11.8. The van der Waals surface area contributed by atoms with E-state index in [-0.39, 0.29) is 5.91 Å². The van der Waals surface area contributed by atoms with Crippen molar-refractivity contribution in [3.63, 3.8) is 0 Å². The van der Waals surface area contributed by atoms with Crippen molar-refractivity contribution in [2.24, 2.45) is 0 Å². The van der Waals surface area contributed by atoms with Gasteiger partial charge in [0, 0.05) is 6.54 Å². The van der Waals surface area contributed by atoms with Crippen LogP contribution in [0.25, 0.3) is 0 Å². The molecule has 1 aromatic heterocycles. The van der Waals surface area contributed by atoms with Crippen molar-refractivity contribution in [3.05, 3.63) is 56.9 Å². The lowest BCUT2D eigenvalue weighted by Crippen LogP contribution is -2.24. The number of nitrogen functional groups attached to an aromatic ring is 1. The van der Waals surface area contributed by atoms with E-state index in [0.29, 0.717) is 27.1 Å². The summed E-state index contributed by atoms with van der Waals surface area (Å²) in [6, 6.07) is 8.44. The Kier molecular flexibility index (Phi) is 5.31. The molecule has 2 aromatic rings. The number of nitrogens with two attached hydrogens (primary N) is 1. The van der Waals surface area contributed by atoms with Crippen LogP contribution in [0, 0.1) is 3.70 Å². The van der Waals surface area contributed by atoms with Gasteiger partial charge in [-0.15, -0.1) is 0 Å². The smallest absolute Gasteiger partial charge is 0.337 e. The van der Waals surface area contributed by atoms with E-state index < -0.39 is 5.97 Å². The highest BCUT2D eigenvalue weighted by Crippen LogP contribution is 2.13. The molecule has 0 spiro atoms. The average molecular weight is 411 g/mol. The second kappa shape index (κ2) is 7.21. The van der Waals surface area contributed by atoms with Crippen molar-refractivity contribution in [1.29, 1.82) is 0 Å². The first-order valence-electron chi connectivity index (χ1n) is 6.37. The third-order valence-corrected chi connectivity index (χ3v) is 3.56. The number of halogens is 1. The highest BCUT2D eigenvalue weighted by atomic mass is 127. The summed E-state index contributed by atoms with van der Waals surface area (Å²) in [5.41, 5.74) is 7.80. The van der Waals surface area contributed by atoms with E-state index in [1.807, 2.05) is 22.6 Å². The molecule has 0 aliphatic carbocycles. The lowest BCUT2D eigenvalue weighted by molar-refractivity contribution is 0.0600. The van der Waals surface area contributed by atoms with Crippen LogP contribution in [0.4, 0.5) is 5.69 Å². The van der Waals surface area contributed by atoms with Gasteiger partial charge < -0.3 is 15.8 Å². The second-order valence-corrected chi connectivity index (χ2v) is 5.57. The van der Waals surface area contributed by atoms with Crippen molar-refractivity contribution in [2.75, 3.05) is 12.8 Å². The van der Waals surface area contributed by atoms with E-state index in [2.05, 4.69) is 15.0 Å². The molecular formula is C15H14IN3O3. The summed E-state index contributed by atoms with van der Waals surface area (Å²) >= 11 is 2.02. The van der Waals surface area contributed by atoms with E-state index in [4.69, 9.17) is 5.73 Å². The van der Waals surface area contributed by atoms with Crippen LogP contribution in [0.1, 0.15) is 26.3 Å². The fraction of sp³-hybridized carbons (Fsp3) is 0.133. The molecule has 7 heteroatoms. The van der Waals surface area contributed by atoms with Gasteiger partial charge in [-0.1, -0.05) is 12.1 Å². The minimum atomic E-state index is -0.394. The molecule has 1 amide bonds. The van der Waals surface area contributed by atoms with Crippen LogP contribution in [-0.4, -0.2) is 24.0 Å². The third kappa shape index (κ3) is 3.94. The Bertz CT molecular complexity index is 702. The number of methoxy groups -OCH3 is 1. The van der Waals surface area contributed by atoms with Gasteiger partial charge in [-0.2, -0.15) is 0 Å². The molecule has 1 heterocycles. The topological polar surface area (TPSA) is 94.3 Å². The summed E-state index contributed by atoms with van der Waals surface area (Å²) in [4.78, 5) is 27.5. The standard InChI is InChI=1S/C15H14IN3O3/c1-22-15(21)10-4-2-9(3-5-10)7-19-14(20)11-6-13(16)18-8-12(11)17/h2-6,8H,7,17H2,1H3,(H,19,20). The first-order chi connectivity index (χ1) is 10.5. The lowest BCUT2D eigenvalue weighted by Gasteiger charge is -2.08. The average Bonchev–Trinajstić information content (AvgIpc) is 2.54. The largest absolute Gasteiger partial charge is 0.465 e. The van der Waals surface area contributed by atoms with E-state index in [1.165, 1.54) is 13.3 Å². The number of hydrogen-bond donors (Lipinski definition) is 2. The number of carbonyl (C=O) groups is 2. The van der Waals surface area contributed by atoms with Crippen molar-refractivity contribution in [1.82, 2.24) is 10.3 Å². The van der Waals surface area contributed by atoms with Gasteiger partial charge in [-0.05, 0) is 46.4 Å². The summed E-state index contributed by atoms with van der Waals surface area (Å²) in [5.74, 6) is -0.662. The number of rotatable bonds is 4. The number of nitrogens with zero attached hydrogens (tertiary/aromatic N) is 1. The van der Waals surface area contributed by atoms with Crippen LogP contribution < -0.4 is 11.1 Å². The van der Waals surface area contributed by atoms with E-state index in [9.17, 15) is 9.59 Å². The minimum Gasteiger partial charge on any atom is -0.465 e. The number of anilines is 1. The zero-order chi connectivity index (χ0) is 16.1. The lowest BCUT2D eigenvalue weighted by atomic mass is 10.1. The van der Waals surface area contributed by atoms with Crippen LogP contribution in [0.2, 0.25) is 0 Å². The van der Waals surface area contributed by atoms with E-state index in [0.717, 1.165) is 5.56 Å². The number of benzene rings is 1. The molecule has 3 N–H and O–H groups in total. The molecule has 0 unspecified atom stereocenters. The molecule has 1 aromatic carbocycles. The van der Waals surface area contributed by atoms with Gasteiger partial charge in [0.1, 0.15) is 3.70 Å². The third-order valence-electron chi connectivity index (χ3n) is 2.97. The van der Waals surface area contributed by atoms with E-state index >= 15 is 0 Å². The van der Waals surface area contributed by atoms with Gasteiger partial charge in [-0.25, -0.2) is 9.78 Å². The van der Waals surface area contributed by atoms with Crippen LogP contribution >= 0.6 is 22.6 Å². The number of ether oxygens (including phenoxy) is 1. The van der Waals surface area contributed by atoms with Crippen LogP contribution in [-0.2, 0) is 11.3 Å². The summed E-state index contributed by atoms with van der Waals surface area (Å²) in [6.07, 6.45) is 1.46. The minimum absolute atomic E-state index is 0.269. The fourth-order valence-electron chi connectivity index (χ4n) is 1.79.